The van der Waals surface area contributed by atoms with E-state index in [1.165, 1.54) is 51.6 Å². The van der Waals surface area contributed by atoms with Gasteiger partial charge in [0.25, 0.3) is 0 Å². The van der Waals surface area contributed by atoms with E-state index in [9.17, 15) is 0 Å². The Balaban J connectivity index is 1.42. The van der Waals surface area contributed by atoms with Crippen molar-refractivity contribution in [2.24, 2.45) is 5.92 Å². The predicted octanol–water partition coefficient (Wildman–Crippen LogP) is 1.88. The zero-order valence-electron chi connectivity index (χ0n) is 11.1. The van der Waals surface area contributed by atoms with Crippen LogP contribution < -0.4 is 5.32 Å². The molecule has 1 aliphatic carbocycles. The van der Waals surface area contributed by atoms with Gasteiger partial charge in [0.2, 0.25) is 0 Å². The van der Waals surface area contributed by atoms with Crippen molar-refractivity contribution >= 4 is 0 Å². The largest absolute Gasteiger partial charge is 0.379 e. The van der Waals surface area contributed by atoms with Gasteiger partial charge >= 0.3 is 0 Å². The van der Waals surface area contributed by atoms with Gasteiger partial charge in [-0.3, -0.25) is 4.90 Å². The Morgan fingerprint density at radius 2 is 1.76 bits per heavy atom. The quantitative estimate of drug-likeness (QED) is 0.717. The number of nitrogens with zero attached hydrogens (tertiary/aromatic N) is 1. The van der Waals surface area contributed by atoms with E-state index >= 15 is 0 Å². The van der Waals surface area contributed by atoms with Gasteiger partial charge in [-0.25, -0.2) is 0 Å². The van der Waals surface area contributed by atoms with Gasteiger partial charge in [0, 0.05) is 26.2 Å². The molecule has 0 aromatic heterocycles. The molecule has 0 spiro atoms. The first kappa shape index (κ1) is 13.3. The SMILES string of the molecule is C1CCC(CCNCCN2CCOCC2)CC1. The number of ether oxygens (including phenoxy) is 1. The average molecular weight is 240 g/mol. The third-order valence-electron chi connectivity index (χ3n) is 4.16. The summed E-state index contributed by atoms with van der Waals surface area (Å²) < 4.78 is 5.34. The Hall–Kier alpha value is -0.120. The number of hydrogen-bond acceptors (Lipinski definition) is 3. The Kier molecular flexibility index (Phi) is 6.32. The van der Waals surface area contributed by atoms with Gasteiger partial charge in [0.1, 0.15) is 0 Å². The van der Waals surface area contributed by atoms with Crippen LogP contribution in [0.25, 0.3) is 0 Å². The molecule has 0 atom stereocenters. The molecule has 0 radical (unpaired) electrons. The van der Waals surface area contributed by atoms with Crippen LogP contribution in [0.2, 0.25) is 0 Å². The highest BCUT2D eigenvalue weighted by molar-refractivity contribution is 4.68. The Morgan fingerprint density at radius 1 is 1.00 bits per heavy atom. The molecule has 0 aromatic rings. The van der Waals surface area contributed by atoms with Crippen molar-refractivity contribution in [3.05, 3.63) is 0 Å². The van der Waals surface area contributed by atoms with Crippen molar-refractivity contribution in [1.82, 2.24) is 10.2 Å². The molecular weight excluding hydrogens is 212 g/mol. The summed E-state index contributed by atoms with van der Waals surface area (Å²) in [4.78, 5) is 2.50. The highest BCUT2D eigenvalue weighted by Crippen LogP contribution is 2.25. The summed E-state index contributed by atoms with van der Waals surface area (Å²) in [5.41, 5.74) is 0. The topological polar surface area (TPSA) is 24.5 Å². The van der Waals surface area contributed by atoms with Crippen molar-refractivity contribution < 1.29 is 4.74 Å². The van der Waals surface area contributed by atoms with E-state index in [1.807, 2.05) is 0 Å². The van der Waals surface area contributed by atoms with Gasteiger partial charge in [-0.05, 0) is 18.9 Å². The molecule has 17 heavy (non-hydrogen) atoms. The van der Waals surface area contributed by atoms with Gasteiger partial charge in [0.15, 0.2) is 0 Å². The molecule has 2 fully saturated rings. The zero-order valence-corrected chi connectivity index (χ0v) is 11.1. The maximum atomic E-state index is 5.34. The van der Waals surface area contributed by atoms with Crippen LogP contribution in [0, 0.1) is 5.92 Å². The molecule has 0 bridgehead atoms. The fourth-order valence-electron chi connectivity index (χ4n) is 2.97. The number of morpholine rings is 1. The van der Waals surface area contributed by atoms with Crippen LogP contribution in [0.1, 0.15) is 38.5 Å². The molecular formula is C14H28N2O. The second-order valence-corrected chi connectivity index (χ2v) is 5.50. The molecule has 1 N–H and O–H groups in total. The first-order valence-corrected chi connectivity index (χ1v) is 7.46. The van der Waals surface area contributed by atoms with Crippen LogP contribution in [-0.4, -0.2) is 50.8 Å². The Labute approximate surface area is 106 Å². The van der Waals surface area contributed by atoms with E-state index < -0.39 is 0 Å². The Morgan fingerprint density at radius 3 is 2.53 bits per heavy atom. The average Bonchev–Trinajstić information content (AvgIpc) is 2.41. The van der Waals surface area contributed by atoms with E-state index in [-0.39, 0.29) is 0 Å². The first-order valence-electron chi connectivity index (χ1n) is 7.46. The van der Waals surface area contributed by atoms with Crippen molar-refractivity contribution in [1.29, 1.82) is 0 Å². The maximum Gasteiger partial charge on any atom is 0.0594 e. The van der Waals surface area contributed by atoms with Gasteiger partial charge in [-0.15, -0.1) is 0 Å². The molecule has 3 nitrogen and oxygen atoms in total. The Bertz CT molecular complexity index is 167. The monoisotopic (exact) mass is 240 g/mol. The van der Waals surface area contributed by atoms with Crippen LogP contribution in [-0.2, 0) is 4.74 Å². The highest BCUT2D eigenvalue weighted by atomic mass is 16.5. The smallest absolute Gasteiger partial charge is 0.0594 e. The van der Waals surface area contributed by atoms with Crippen LogP contribution in [0.15, 0.2) is 0 Å². The fraction of sp³-hybridized carbons (Fsp3) is 1.00. The molecule has 0 aromatic carbocycles. The third-order valence-corrected chi connectivity index (χ3v) is 4.16. The summed E-state index contributed by atoms with van der Waals surface area (Å²) in [6.45, 7) is 7.62. The molecule has 3 heteroatoms. The lowest BCUT2D eigenvalue weighted by molar-refractivity contribution is 0.0384. The molecule has 0 amide bonds. The van der Waals surface area contributed by atoms with Crippen molar-refractivity contribution in [3.63, 3.8) is 0 Å². The van der Waals surface area contributed by atoms with E-state index in [0.29, 0.717) is 0 Å². The minimum absolute atomic E-state index is 0.919. The van der Waals surface area contributed by atoms with Crippen LogP contribution in [0.4, 0.5) is 0 Å². The number of rotatable bonds is 6. The molecule has 1 aliphatic heterocycles. The van der Waals surface area contributed by atoms with Crippen molar-refractivity contribution in [2.75, 3.05) is 45.9 Å². The van der Waals surface area contributed by atoms with Crippen LogP contribution >= 0.6 is 0 Å². The molecule has 0 unspecified atom stereocenters. The standard InChI is InChI=1S/C14H28N2O/c1-2-4-14(5-3-1)6-7-15-8-9-16-10-12-17-13-11-16/h14-15H,1-13H2. The van der Waals surface area contributed by atoms with Crippen molar-refractivity contribution in [3.8, 4) is 0 Å². The minimum atomic E-state index is 0.919. The molecule has 1 saturated carbocycles. The van der Waals surface area contributed by atoms with E-state index in [4.69, 9.17) is 4.74 Å². The summed E-state index contributed by atoms with van der Waals surface area (Å²) in [7, 11) is 0. The normalized spacial score (nSPS) is 24.0. The second kappa shape index (κ2) is 8.06. The lowest BCUT2D eigenvalue weighted by atomic mass is 9.87. The first-order chi connectivity index (χ1) is 8.45. The predicted molar refractivity (Wildman–Crippen MR) is 71.3 cm³/mol. The maximum absolute atomic E-state index is 5.34. The zero-order chi connectivity index (χ0) is 11.8. The lowest BCUT2D eigenvalue weighted by Gasteiger charge is -2.26. The van der Waals surface area contributed by atoms with Crippen molar-refractivity contribution in [2.45, 2.75) is 38.5 Å². The second-order valence-electron chi connectivity index (χ2n) is 5.50. The molecule has 1 heterocycles. The summed E-state index contributed by atoms with van der Waals surface area (Å²) in [6, 6.07) is 0. The van der Waals surface area contributed by atoms with E-state index in [0.717, 1.165) is 38.8 Å². The lowest BCUT2D eigenvalue weighted by Crippen LogP contribution is -2.40. The summed E-state index contributed by atoms with van der Waals surface area (Å²) in [6.07, 6.45) is 8.76. The molecule has 100 valence electrons. The van der Waals surface area contributed by atoms with Gasteiger partial charge in [-0.1, -0.05) is 32.1 Å². The number of hydrogen-bond donors (Lipinski definition) is 1. The minimum Gasteiger partial charge on any atom is -0.379 e. The van der Waals surface area contributed by atoms with Gasteiger partial charge in [0.05, 0.1) is 13.2 Å². The van der Waals surface area contributed by atoms with Crippen LogP contribution in [0.5, 0.6) is 0 Å². The molecule has 1 saturated heterocycles. The van der Waals surface area contributed by atoms with Gasteiger partial charge < -0.3 is 10.1 Å². The highest BCUT2D eigenvalue weighted by Gasteiger charge is 2.13. The molecule has 2 aliphatic rings. The van der Waals surface area contributed by atoms with Crippen LogP contribution in [0.3, 0.4) is 0 Å². The molecule has 2 rings (SSSR count). The summed E-state index contributed by atoms with van der Waals surface area (Å²) in [5.74, 6) is 1.01. The van der Waals surface area contributed by atoms with E-state index in [1.54, 1.807) is 0 Å². The van der Waals surface area contributed by atoms with E-state index in [2.05, 4.69) is 10.2 Å². The van der Waals surface area contributed by atoms with Gasteiger partial charge in [-0.2, -0.15) is 0 Å². The summed E-state index contributed by atoms with van der Waals surface area (Å²) >= 11 is 0. The fourth-order valence-corrected chi connectivity index (χ4v) is 2.97. The summed E-state index contributed by atoms with van der Waals surface area (Å²) in [5, 5.41) is 3.60. The number of nitrogens with one attached hydrogen (secondary N) is 1. The third kappa shape index (κ3) is 5.36.